The van der Waals surface area contributed by atoms with Gasteiger partial charge in [-0.05, 0) is 36.7 Å². The third kappa shape index (κ3) is 4.19. The number of hydrogen-bond donors (Lipinski definition) is 2. The minimum Gasteiger partial charge on any atom is -0.361 e. The van der Waals surface area contributed by atoms with E-state index in [0.29, 0.717) is 6.54 Å². The molecule has 2 rings (SSSR count). The van der Waals surface area contributed by atoms with Crippen molar-refractivity contribution in [1.29, 1.82) is 0 Å². The van der Waals surface area contributed by atoms with Gasteiger partial charge < -0.3 is 10.7 Å². The summed E-state index contributed by atoms with van der Waals surface area (Å²) in [5, 5.41) is 1.06. The van der Waals surface area contributed by atoms with E-state index < -0.39 is 0 Å². The second-order valence-electron chi connectivity index (χ2n) is 3.04. The van der Waals surface area contributed by atoms with Crippen LogP contribution in [-0.2, 0) is 6.42 Å². The van der Waals surface area contributed by atoms with Crippen LogP contribution in [-0.4, -0.2) is 11.5 Å². The molecule has 3 heteroatoms. The smallest absolute Gasteiger partial charge is 0.125 e. The molecule has 0 spiro atoms. The molecule has 2 aromatic rings. The number of nitrogens with one attached hydrogen (secondary N) is 1. The highest BCUT2D eigenvalue weighted by Crippen LogP contribution is 2.19. The lowest BCUT2D eigenvalue weighted by Crippen LogP contribution is -2.01. The van der Waals surface area contributed by atoms with E-state index in [2.05, 4.69) is 4.98 Å². The first kappa shape index (κ1) is 15.7. The van der Waals surface area contributed by atoms with E-state index in [1.54, 1.807) is 6.07 Å². The SMILES string of the molecule is CC.CC.NCCc1c[nH]c2cc(F)ccc12. The van der Waals surface area contributed by atoms with Crippen LogP contribution in [0.1, 0.15) is 33.3 Å². The monoisotopic (exact) mass is 238 g/mol. The first-order valence-electron chi connectivity index (χ1n) is 6.27. The number of H-pyrrole nitrogens is 1. The van der Waals surface area contributed by atoms with E-state index in [4.69, 9.17) is 5.73 Å². The van der Waals surface area contributed by atoms with Gasteiger partial charge in [-0.15, -0.1) is 0 Å². The summed E-state index contributed by atoms with van der Waals surface area (Å²) < 4.78 is 12.8. The Morgan fingerprint density at radius 1 is 1.18 bits per heavy atom. The molecule has 3 N–H and O–H groups in total. The van der Waals surface area contributed by atoms with Gasteiger partial charge in [0, 0.05) is 17.1 Å². The molecule has 0 fully saturated rings. The summed E-state index contributed by atoms with van der Waals surface area (Å²) in [5.41, 5.74) is 7.44. The molecule has 0 radical (unpaired) electrons. The number of fused-ring (bicyclic) bond motifs is 1. The largest absolute Gasteiger partial charge is 0.361 e. The molecular weight excluding hydrogens is 215 g/mol. The number of hydrogen-bond acceptors (Lipinski definition) is 1. The molecule has 1 aromatic heterocycles. The second kappa shape index (κ2) is 8.76. The molecule has 0 atom stereocenters. The van der Waals surface area contributed by atoms with Gasteiger partial charge in [0.2, 0.25) is 0 Å². The van der Waals surface area contributed by atoms with Crippen molar-refractivity contribution in [1.82, 2.24) is 4.98 Å². The van der Waals surface area contributed by atoms with Crippen molar-refractivity contribution in [3.8, 4) is 0 Å². The van der Waals surface area contributed by atoms with Crippen molar-refractivity contribution >= 4 is 10.9 Å². The Morgan fingerprint density at radius 2 is 1.82 bits per heavy atom. The Kier molecular flexibility index (Phi) is 8.07. The average Bonchev–Trinajstić information content (AvgIpc) is 2.77. The molecule has 1 aromatic carbocycles. The standard InChI is InChI=1S/C10H11FN2.2C2H6/c11-8-1-2-9-7(3-4-12)6-13-10(9)5-8;2*1-2/h1-2,5-6,13H,3-4,12H2;2*1-2H3. The van der Waals surface area contributed by atoms with Crippen LogP contribution in [0.4, 0.5) is 4.39 Å². The Balaban J connectivity index is 0.000000581. The van der Waals surface area contributed by atoms with Crippen molar-refractivity contribution in [2.24, 2.45) is 5.73 Å². The Morgan fingerprint density at radius 3 is 2.41 bits per heavy atom. The summed E-state index contributed by atoms with van der Waals surface area (Å²) in [6.07, 6.45) is 2.71. The van der Waals surface area contributed by atoms with Gasteiger partial charge in [0.1, 0.15) is 5.82 Å². The lowest BCUT2D eigenvalue weighted by molar-refractivity contribution is 0.629. The highest BCUT2D eigenvalue weighted by Gasteiger charge is 2.02. The van der Waals surface area contributed by atoms with Crippen LogP contribution in [0.25, 0.3) is 10.9 Å². The Hall–Kier alpha value is -1.35. The van der Waals surface area contributed by atoms with Crippen molar-refractivity contribution < 1.29 is 4.39 Å². The molecule has 2 nitrogen and oxygen atoms in total. The number of aromatic nitrogens is 1. The summed E-state index contributed by atoms with van der Waals surface area (Å²) in [6.45, 7) is 8.62. The molecule has 0 bridgehead atoms. The van der Waals surface area contributed by atoms with E-state index in [1.807, 2.05) is 33.9 Å². The van der Waals surface area contributed by atoms with E-state index in [-0.39, 0.29) is 5.82 Å². The molecule has 0 aliphatic rings. The predicted octanol–water partition coefficient (Wildman–Crippen LogP) is 3.86. The van der Waals surface area contributed by atoms with Gasteiger partial charge in [0.15, 0.2) is 0 Å². The van der Waals surface area contributed by atoms with Gasteiger partial charge in [0.25, 0.3) is 0 Å². The van der Waals surface area contributed by atoms with Crippen LogP contribution in [0.15, 0.2) is 24.4 Å². The van der Waals surface area contributed by atoms with Crippen LogP contribution >= 0.6 is 0 Å². The third-order valence-corrected chi connectivity index (χ3v) is 2.14. The fraction of sp³-hybridized carbons (Fsp3) is 0.429. The predicted molar refractivity (Wildman–Crippen MR) is 73.7 cm³/mol. The van der Waals surface area contributed by atoms with Gasteiger partial charge in [-0.1, -0.05) is 27.7 Å². The number of nitrogens with two attached hydrogens (primary N) is 1. The zero-order chi connectivity index (χ0) is 13.3. The Bertz CT molecular complexity index is 421. The first-order chi connectivity index (χ1) is 8.31. The van der Waals surface area contributed by atoms with Gasteiger partial charge in [-0.3, -0.25) is 0 Å². The van der Waals surface area contributed by atoms with Gasteiger partial charge >= 0.3 is 0 Å². The van der Waals surface area contributed by atoms with Crippen LogP contribution in [0.2, 0.25) is 0 Å². The number of rotatable bonds is 2. The van der Waals surface area contributed by atoms with Gasteiger partial charge in [-0.25, -0.2) is 4.39 Å². The molecule has 0 unspecified atom stereocenters. The molecule has 0 aliphatic carbocycles. The van der Waals surface area contributed by atoms with Crippen LogP contribution in [0.5, 0.6) is 0 Å². The van der Waals surface area contributed by atoms with Gasteiger partial charge in [-0.2, -0.15) is 0 Å². The lowest BCUT2D eigenvalue weighted by atomic mass is 10.1. The van der Waals surface area contributed by atoms with Crippen molar-refractivity contribution in [3.05, 3.63) is 35.8 Å². The molecule has 96 valence electrons. The van der Waals surface area contributed by atoms with Gasteiger partial charge in [0.05, 0.1) is 0 Å². The minimum atomic E-state index is -0.214. The Labute approximate surface area is 103 Å². The molecule has 0 saturated heterocycles. The van der Waals surface area contributed by atoms with Crippen LogP contribution in [0, 0.1) is 5.82 Å². The molecule has 0 aliphatic heterocycles. The number of benzene rings is 1. The maximum absolute atomic E-state index is 12.8. The molecule has 0 amide bonds. The second-order valence-corrected chi connectivity index (χ2v) is 3.04. The molecule has 17 heavy (non-hydrogen) atoms. The highest BCUT2D eigenvalue weighted by molar-refractivity contribution is 5.83. The maximum Gasteiger partial charge on any atom is 0.125 e. The summed E-state index contributed by atoms with van der Waals surface area (Å²) >= 11 is 0. The first-order valence-corrected chi connectivity index (χ1v) is 6.27. The third-order valence-electron chi connectivity index (χ3n) is 2.14. The number of halogens is 1. The number of aromatic amines is 1. The highest BCUT2D eigenvalue weighted by atomic mass is 19.1. The lowest BCUT2D eigenvalue weighted by Gasteiger charge is -1.95. The molecule has 0 saturated carbocycles. The maximum atomic E-state index is 12.8. The zero-order valence-electron chi connectivity index (χ0n) is 11.2. The molecule has 1 heterocycles. The summed E-state index contributed by atoms with van der Waals surface area (Å²) in [7, 11) is 0. The topological polar surface area (TPSA) is 41.8 Å². The van der Waals surface area contributed by atoms with Crippen molar-refractivity contribution in [2.75, 3.05) is 6.54 Å². The summed E-state index contributed by atoms with van der Waals surface area (Å²) in [6, 6.07) is 4.75. The van der Waals surface area contributed by atoms with Crippen LogP contribution < -0.4 is 5.73 Å². The summed E-state index contributed by atoms with van der Waals surface area (Å²) in [5.74, 6) is -0.214. The van der Waals surface area contributed by atoms with E-state index in [9.17, 15) is 4.39 Å². The quantitative estimate of drug-likeness (QED) is 0.819. The van der Waals surface area contributed by atoms with E-state index in [1.165, 1.54) is 12.1 Å². The van der Waals surface area contributed by atoms with Crippen LogP contribution in [0.3, 0.4) is 0 Å². The zero-order valence-corrected chi connectivity index (χ0v) is 11.2. The normalized spacial score (nSPS) is 9.06. The van der Waals surface area contributed by atoms with E-state index in [0.717, 1.165) is 22.9 Å². The van der Waals surface area contributed by atoms with Crippen molar-refractivity contribution in [3.63, 3.8) is 0 Å². The average molecular weight is 238 g/mol. The molecular formula is C14H23FN2. The minimum absolute atomic E-state index is 0.214. The van der Waals surface area contributed by atoms with E-state index >= 15 is 0 Å². The fourth-order valence-corrected chi connectivity index (χ4v) is 1.52. The van der Waals surface area contributed by atoms with Crippen molar-refractivity contribution in [2.45, 2.75) is 34.1 Å². The fourth-order valence-electron chi connectivity index (χ4n) is 1.52. The summed E-state index contributed by atoms with van der Waals surface area (Å²) in [4.78, 5) is 3.02.